The first-order chi connectivity index (χ1) is 6.68. The molecule has 0 saturated heterocycles. The minimum Gasteiger partial charge on any atom is -0.507 e. The molecular formula is C11H13NO2. The van der Waals surface area contributed by atoms with Gasteiger partial charge < -0.3 is 10.4 Å². The van der Waals surface area contributed by atoms with E-state index in [1.54, 1.807) is 25.1 Å². The number of nitrogens with one attached hydrogen (secondary N) is 1. The fraction of sp³-hybridized carbons (Fsp3) is 0.364. The lowest BCUT2D eigenvalue weighted by atomic mass is 10.1. The SMILES string of the molecule is Cc1cccc(C(=O)NC2CC2)c1O. The summed E-state index contributed by atoms with van der Waals surface area (Å²) in [5.41, 5.74) is 1.10. The van der Waals surface area contributed by atoms with E-state index in [1.807, 2.05) is 0 Å². The number of aryl methyl sites for hydroxylation is 1. The van der Waals surface area contributed by atoms with Gasteiger partial charge in [0.15, 0.2) is 0 Å². The van der Waals surface area contributed by atoms with Gasteiger partial charge in [0.25, 0.3) is 5.91 Å². The highest BCUT2D eigenvalue weighted by Crippen LogP contribution is 2.24. The molecule has 1 aliphatic rings. The molecule has 1 amide bonds. The van der Waals surface area contributed by atoms with Crippen molar-refractivity contribution >= 4 is 5.91 Å². The lowest BCUT2D eigenvalue weighted by molar-refractivity contribution is 0.0948. The van der Waals surface area contributed by atoms with E-state index in [9.17, 15) is 9.90 Å². The second-order valence-corrected chi connectivity index (χ2v) is 3.72. The molecule has 1 aliphatic carbocycles. The van der Waals surface area contributed by atoms with E-state index in [-0.39, 0.29) is 11.7 Å². The number of phenols is 1. The predicted octanol–water partition coefficient (Wildman–Crippen LogP) is 1.59. The first kappa shape index (κ1) is 9.06. The molecule has 0 spiro atoms. The van der Waals surface area contributed by atoms with Crippen LogP contribution in [0.1, 0.15) is 28.8 Å². The van der Waals surface area contributed by atoms with Gasteiger partial charge in [-0.15, -0.1) is 0 Å². The third kappa shape index (κ3) is 1.71. The van der Waals surface area contributed by atoms with Crippen molar-refractivity contribution in [1.82, 2.24) is 5.32 Å². The highest BCUT2D eigenvalue weighted by Gasteiger charge is 2.24. The summed E-state index contributed by atoms with van der Waals surface area (Å²) < 4.78 is 0. The van der Waals surface area contributed by atoms with Crippen molar-refractivity contribution in [2.75, 3.05) is 0 Å². The van der Waals surface area contributed by atoms with Gasteiger partial charge in [-0.1, -0.05) is 12.1 Å². The molecule has 2 N–H and O–H groups in total. The van der Waals surface area contributed by atoms with E-state index in [1.165, 1.54) is 0 Å². The molecule has 0 bridgehead atoms. The third-order valence-electron chi connectivity index (χ3n) is 2.39. The van der Waals surface area contributed by atoms with Gasteiger partial charge in [-0.05, 0) is 31.4 Å². The van der Waals surface area contributed by atoms with Crippen LogP contribution in [0.5, 0.6) is 5.75 Å². The first-order valence-electron chi connectivity index (χ1n) is 4.78. The highest BCUT2D eigenvalue weighted by molar-refractivity contribution is 5.97. The van der Waals surface area contributed by atoms with Crippen molar-refractivity contribution in [1.29, 1.82) is 0 Å². The predicted molar refractivity (Wildman–Crippen MR) is 53.3 cm³/mol. The molecule has 0 aromatic heterocycles. The van der Waals surface area contributed by atoms with Gasteiger partial charge in [-0.2, -0.15) is 0 Å². The summed E-state index contributed by atoms with van der Waals surface area (Å²) in [5.74, 6) is -0.0839. The van der Waals surface area contributed by atoms with Crippen LogP contribution in [0.25, 0.3) is 0 Å². The van der Waals surface area contributed by atoms with Gasteiger partial charge in [0, 0.05) is 6.04 Å². The second-order valence-electron chi connectivity index (χ2n) is 3.72. The van der Waals surface area contributed by atoms with Crippen molar-refractivity contribution in [2.24, 2.45) is 0 Å². The summed E-state index contributed by atoms with van der Waals surface area (Å²) in [6.45, 7) is 1.78. The molecule has 0 radical (unpaired) electrons. The second kappa shape index (κ2) is 3.33. The number of rotatable bonds is 2. The molecule has 0 unspecified atom stereocenters. The summed E-state index contributed by atoms with van der Waals surface area (Å²) in [6, 6.07) is 5.52. The molecule has 2 rings (SSSR count). The molecule has 1 aromatic rings. The van der Waals surface area contributed by atoms with E-state index in [4.69, 9.17) is 0 Å². The summed E-state index contributed by atoms with van der Waals surface area (Å²) in [6.07, 6.45) is 2.11. The Balaban J connectivity index is 2.21. The van der Waals surface area contributed by atoms with Crippen LogP contribution >= 0.6 is 0 Å². The summed E-state index contributed by atoms with van der Waals surface area (Å²) in [5, 5.41) is 12.5. The van der Waals surface area contributed by atoms with Crippen molar-refractivity contribution in [3.63, 3.8) is 0 Å². The molecule has 1 aromatic carbocycles. The third-order valence-corrected chi connectivity index (χ3v) is 2.39. The quantitative estimate of drug-likeness (QED) is 0.745. The van der Waals surface area contributed by atoms with Crippen molar-refractivity contribution in [2.45, 2.75) is 25.8 Å². The smallest absolute Gasteiger partial charge is 0.255 e. The lowest BCUT2D eigenvalue weighted by Gasteiger charge is -2.06. The molecule has 0 atom stereocenters. The number of carbonyl (C=O) groups excluding carboxylic acids is 1. The Hall–Kier alpha value is -1.51. The van der Waals surface area contributed by atoms with Crippen LogP contribution in [0.3, 0.4) is 0 Å². The minimum atomic E-state index is -0.172. The zero-order valence-corrected chi connectivity index (χ0v) is 8.08. The normalized spacial score (nSPS) is 15.2. The van der Waals surface area contributed by atoms with Crippen LogP contribution in [0.15, 0.2) is 18.2 Å². The molecule has 74 valence electrons. The molecule has 3 heteroatoms. The number of amides is 1. The van der Waals surface area contributed by atoms with Gasteiger partial charge in [0.05, 0.1) is 5.56 Å². The van der Waals surface area contributed by atoms with Crippen LogP contribution < -0.4 is 5.32 Å². The zero-order valence-electron chi connectivity index (χ0n) is 8.08. The van der Waals surface area contributed by atoms with E-state index in [0.717, 1.165) is 18.4 Å². The fourth-order valence-electron chi connectivity index (χ4n) is 1.33. The Morgan fingerprint density at radius 3 is 2.86 bits per heavy atom. The number of hydrogen-bond donors (Lipinski definition) is 2. The maximum Gasteiger partial charge on any atom is 0.255 e. The molecule has 0 aliphatic heterocycles. The Labute approximate surface area is 82.8 Å². The Morgan fingerprint density at radius 2 is 2.21 bits per heavy atom. The van der Waals surface area contributed by atoms with Crippen molar-refractivity contribution in [3.05, 3.63) is 29.3 Å². The molecule has 0 heterocycles. The minimum absolute atomic E-state index is 0.0886. The molecule has 14 heavy (non-hydrogen) atoms. The number of phenolic OH excluding ortho intramolecular Hbond substituents is 1. The molecule has 1 saturated carbocycles. The van der Waals surface area contributed by atoms with Crippen molar-refractivity contribution < 1.29 is 9.90 Å². The molecular weight excluding hydrogens is 178 g/mol. The van der Waals surface area contributed by atoms with Crippen LogP contribution in [0.4, 0.5) is 0 Å². The number of carbonyl (C=O) groups is 1. The first-order valence-corrected chi connectivity index (χ1v) is 4.78. The standard InChI is InChI=1S/C11H13NO2/c1-7-3-2-4-9(10(7)13)11(14)12-8-5-6-8/h2-4,8,13H,5-6H2,1H3,(H,12,14). The lowest BCUT2D eigenvalue weighted by Crippen LogP contribution is -2.25. The van der Waals surface area contributed by atoms with Gasteiger partial charge in [0.2, 0.25) is 0 Å². The van der Waals surface area contributed by atoms with E-state index in [0.29, 0.717) is 11.6 Å². The molecule has 1 fully saturated rings. The zero-order chi connectivity index (χ0) is 10.1. The number of benzene rings is 1. The summed E-state index contributed by atoms with van der Waals surface area (Å²) >= 11 is 0. The Bertz CT molecular complexity index is 370. The maximum atomic E-state index is 11.6. The number of aromatic hydroxyl groups is 1. The number of hydrogen-bond acceptors (Lipinski definition) is 2. The van der Waals surface area contributed by atoms with Gasteiger partial charge >= 0.3 is 0 Å². The molecule has 3 nitrogen and oxygen atoms in total. The number of para-hydroxylation sites is 1. The van der Waals surface area contributed by atoms with Crippen LogP contribution in [0.2, 0.25) is 0 Å². The average molecular weight is 191 g/mol. The van der Waals surface area contributed by atoms with Crippen LogP contribution in [-0.4, -0.2) is 17.1 Å². The van der Waals surface area contributed by atoms with Crippen molar-refractivity contribution in [3.8, 4) is 5.75 Å². The van der Waals surface area contributed by atoms with E-state index in [2.05, 4.69) is 5.32 Å². The topological polar surface area (TPSA) is 49.3 Å². The fourth-order valence-corrected chi connectivity index (χ4v) is 1.33. The Morgan fingerprint density at radius 1 is 1.50 bits per heavy atom. The summed E-state index contributed by atoms with van der Waals surface area (Å²) in [4.78, 5) is 11.6. The maximum absolute atomic E-state index is 11.6. The average Bonchev–Trinajstić information content (AvgIpc) is 2.93. The van der Waals surface area contributed by atoms with Crippen LogP contribution in [-0.2, 0) is 0 Å². The van der Waals surface area contributed by atoms with Gasteiger partial charge in [0.1, 0.15) is 5.75 Å². The van der Waals surface area contributed by atoms with Gasteiger partial charge in [-0.3, -0.25) is 4.79 Å². The monoisotopic (exact) mass is 191 g/mol. The van der Waals surface area contributed by atoms with E-state index < -0.39 is 0 Å². The largest absolute Gasteiger partial charge is 0.507 e. The van der Waals surface area contributed by atoms with Gasteiger partial charge in [-0.25, -0.2) is 0 Å². The van der Waals surface area contributed by atoms with E-state index >= 15 is 0 Å². The summed E-state index contributed by atoms with van der Waals surface area (Å²) in [7, 11) is 0. The Kier molecular flexibility index (Phi) is 2.15. The highest BCUT2D eigenvalue weighted by atomic mass is 16.3. The van der Waals surface area contributed by atoms with Crippen LogP contribution in [0, 0.1) is 6.92 Å².